The zero-order chi connectivity index (χ0) is 12.4. The third-order valence-electron chi connectivity index (χ3n) is 2.37. The quantitative estimate of drug-likeness (QED) is 0.592. The molecule has 5 nitrogen and oxygen atoms in total. The van der Waals surface area contributed by atoms with Crippen LogP contribution in [0.1, 0.15) is 40.5 Å². The van der Waals surface area contributed by atoms with Crippen LogP contribution in [0.2, 0.25) is 6.04 Å². The van der Waals surface area contributed by atoms with Gasteiger partial charge < -0.3 is 25.2 Å². The van der Waals surface area contributed by atoms with Crippen LogP contribution in [0.5, 0.6) is 0 Å². The van der Waals surface area contributed by atoms with Gasteiger partial charge in [-0.15, -0.1) is 0 Å². The van der Waals surface area contributed by atoms with E-state index >= 15 is 0 Å². The van der Waals surface area contributed by atoms with Gasteiger partial charge in [0.1, 0.15) is 0 Å². The summed E-state index contributed by atoms with van der Waals surface area (Å²) < 4.78 is 17.6. The normalized spacial score (nSPS) is 13.2. The molecule has 0 aliphatic heterocycles. The van der Waals surface area contributed by atoms with Gasteiger partial charge in [0, 0.05) is 25.4 Å². The molecule has 0 radical (unpaired) electrons. The Labute approximate surface area is 107 Å². The molecule has 0 saturated carbocycles. The summed E-state index contributed by atoms with van der Waals surface area (Å²) in [6, 6.07) is 0.815. The summed E-state index contributed by atoms with van der Waals surface area (Å²) in [7, 11) is -2.48. The molecule has 0 fully saturated rings. The fourth-order valence-electron chi connectivity index (χ4n) is 1.46. The molecule has 0 aromatic heterocycles. The average Bonchev–Trinajstić information content (AvgIpc) is 2.27. The third-order valence-corrected chi connectivity index (χ3v) is 5.56. The van der Waals surface area contributed by atoms with Gasteiger partial charge >= 0.3 is 8.80 Å². The van der Waals surface area contributed by atoms with Crippen molar-refractivity contribution in [2.45, 2.75) is 52.7 Å². The Morgan fingerprint density at radius 1 is 1.12 bits per heavy atom. The maximum Gasteiger partial charge on any atom is 0.501 e. The van der Waals surface area contributed by atoms with Crippen molar-refractivity contribution in [1.82, 2.24) is 6.15 Å². The van der Waals surface area contributed by atoms with Gasteiger partial charge in [-0.2, -0.15) is 0 Å². The second-order valence-corrected chi connectivity index (χ2v) is 6.46. The first-order valence-electron chi connectivity index (χ1n) is 6.29. The van der Waals surface area contributed by atoms with E-state index < -0.39 is 8.80 Å². The molecule has 17 heavy (non-hydrogen) atoms. The van der Waals surface area contributed by atoms with E-state index in [9.17, 15) is 0 Å². The van der Waals surface area contributed by atoms with Crippen LogP contribution >= 0.6 is 0 Å². The van der Waals surface area contributed by atoms with Crippen LogP contribution in [0.3, 0.4) is 0 Å². The van der Waals surface area contributed by atoms with Crippen LogP contribution in [0, 0.1) is 0 Å². The summed E-state index contributed by atoms with van der Waals surface area (Å²) in [5.41, 5.74) is 5.55. The first kappa shape index (κ1) is 19.4. The zero-order valence-electron chi connectivity index (χ0n) is 11.8. The highest BCUT2D eigenvalue weighted by Gasteiger charge is 2.41. The van der Waals surface area contributed by atoms with E-state index in [1.165, 1.54) is 0 Å². The molecular formula is C11H30N2O3Si. The molecule has 5 N–H and O–H groups in total. The van der Waals surface area contributed by atoms with E-state index in [4.69, 9.17) is 19.0 Å². The predicted octanol–water partition coefficient (Wildman–Crippen LogP) is 2.32. The molecule has 0 aromatic carbocycles. The highest BCUT2D eigenvalue weighted by atomic mass is 28.4. The van der Waals surface area contributed by atoms with Gasteiger partial charge in [0.25, 0.3) is 0 Å². The Kier molecular flexibility index (Phi) is 12.7. The van der Waals surface area contributed by atoms with Crippen molar-refractivity contribution in [3.63, 3.8) is 0 Å². The summed E-state index contributed by atoms with van der Waals surface area (Å²) in [4.78, 5) is 0. The zero-order valence-corrected chi connectivity index (χ0v) is 12.8. The standard InChI is InChI=1S/C11H27NO3Si.H3N/c1-5-11(4)15-16(13-6-2,14-7-3)10-8-9-12;/h11H,5-10,12H2,1-4H3;1H3. The molecule has 0 amide bonds. The summed E-state index contributed by atoms with van der Waals surface area (Å²) in [6.07, 6.45) is 2.04. The van der Waals surface area contributed by atoms with Crippen LogP contribution in [-0.4, -0.2) is 34.7 Å². The van der Waals surface area contributed by atoms with Crippen molar-refractivity contribution in [3.05, 3.63) is 0 Å². The van der Waals surface area contributed by atoms with E-state index in [-0.39, 0.29) is 12.3 Å². The largest absolute Gasteiger partial charge is 0.501 e. The summed E-state index contributed by atoms with van der Waals surface area (Å²) in [5.74, 6) is 0. The lowest BCUT2D eigenvalue weighted by Gasteiger charge is -2.31. The Hall–Kier alpha value is 0.0169. The van der Waals surface area contributed by atoms with Crippen molar-refractivity contribution < 1.29 is 13.3 Å². The monoisotopic (exact) mass is 266 g/mol. The van der Waals surface area contributed by atoms with Crippen LogP contribution in [0.25, 0.3) is 0 Å². The van der Waals surface area contributed by atoms with Crippen molar-refractivity contribution in [3.8, 4) is 0 Å². The van der Waals surface area contributed by atoms with Crippen molar-refractivity contribution in [2.75, 3.05) is 19.8 Å². The maximum absolute atomic E-state index is 6.01. The molecule has 0 heterocycles. The van der Waals surface area contributed by atoms with E-state index in [0.29, 0.717) is 19.8 Å². The summed E-state index contributed by atoms with van der Waals surface area (Å²) >= 11 is 0. The molecule has 0 aliphatic carbocycles. The van der Waals surface area contributed by atoms with E-state index in [2.05, 4.69) is 13.8 Å². The minimum atomic E-state index is -2.48. The van der Waals surface area contributed by atoms with E-state index in [1.807, 2.05) is 13.8 Å². The predicted molar refractivity (Wildman–Crippen MR) is 73.3 cm³/mol. The second-order valence-electron chi connectivity index (χ2n) is 3.78. The number of nitrogens with two attached hydrogens (primary N) is 1. The molecule has 106 valence electrons. The Morgan fingerprint density at radius 3 is 2.00 bits per heavy atom. The Bertz CT molecular complexity index is 167. The molecule has 0 rings (SSSR count). The van der Waals surface area contributed by atoms with Gasteiger partial charge in [-0.05, 0) is 40.2 Å². The molecule has 0 spiro atoms. The minimum Gasteiger partial charge on any atom is -0.374 e. The smallest absolute Gasteiger partial charge is 0.374 e. The van der Waals surface area contributed by atoms with Gasteiger partial charge in [-0.1, -0.05) is 6.92 Å². The number of hydrogen-bond donors (Lipinski definition) is 2. The second kappa shape index (κ2) is 11.1. The topological polar surface area (TPSA) is 88.7 Å². The Balaban J connectivity index is 0. The molecule has 1 atom stereocenters. The lowest BCUT2D eigenvalue weighted by atomic mass is 10.3. The first-order chi connectivity index (χ1) is 7.64. The lowest BCUT2D eigenvalue weighted by molar-refractivity contribution is 0.0369. The first-order valence-corrected chi connectivity index (χ1v) is 8.23. The van der Waals surface area contributed by atoms with Crippen LogP contribution in [0.4, 0.5) is 0 Å². The van der Waals surface area contributed by atoms with Crippen molar-refractivity contribution in [2.24, 2.45) is 5.73 Å². The highest BCUT2D eigenvalue weighted by Crippen LogP contribution is 2.20. The van der Waals surface area contributed by atoms with Gasteiger partial charge in [-0.3, -0.25) is 0 Å². The Morgan fingerprint density at radius 2 is 1.65 bits per heavy atom. The van der Waals surface area contributed by atoms with Gasteiger partial charge in [0.05, 0.1) is 0 Å². The van der Waals surface area contributed by atoms with E-state index in [0.717, 1.165) is 18.9 Å². The van der Waals surface area contributed by atoms with Crippen LogP contribution < -0.4 is 11.9 Å². The maximum atomic E-state index is 6.01. The molecule has 0 bridgehead atoms. The van der Waals surface area contributed by atoms with Crippen LogP contribution in [-0.2, 0) is 13.3 Å². The third kappa shape index (κ3) is 7.85. The minimum absolute atomic E-state index is 0. The number of rotatable bonds is 10. The SMILES string of the molecule is CCO[Si](CCCN)(OCC)OC(C)CC.N. The van der Waals surface area contributed by atoms with E-state index in [1.54, 1.807) is 0 Å². The molecule has 0 aliphatic rings. The van der Waals surface area contributed by atoms with Crippen LogP contribution in [0.15, 0.2) is 0 Å². The average molecular weight is 266 g/mol. The fraction of sp³-hybridized carbons (Fsp3) is 1.00. The lowest BCUT2D eigenvalue weighted by Crippen LogP contribution is -2.48. The molecule has 0 saturated heterocycles. The van der Waals surface area contributed by atoms with Gasteiger partial charge in [0.15, 0.2) is 0 Å². The summed E-state index contributed by atoms with van der Waals surface area (Å²) in [6.45, 7) is 10.0. The fourth-order valence-corrected chi connectivity index (χ4v) is 4.38. The summed E-state index contributed by atoms with van der Waals surface area (Å²) in [5, 5.41) is 0. The molecule has 0 aromatic rings. The van der Waals surface area contributed by atoms with Crippen molar-refractivity contribution >= 4 is 8.80 Å². The van der Waals surface area contributed by atoms with Crippen molar-refractivity contribution in [1.29, 1.82) is 0 Å². The highest BCUT2D eigenvalue weighted by molar-refractivity contribution is 6.60. The number of hydrogen-bond acceptors (Lipinski definition) is 5. The molecular weight excluding hydrogens is 236 g/mol. The molecule has 1 unspecified atom stereocenters. The molecule has 6 heteroatoms. The van der Waals surface area contributed by atoms with Gasteiger partial charge in [0.2, 0.25) is 0 Å². The van der Waals surface area contributed by atoms with Gasteiger partial charge in [-0.25, -0.2) is 0 Å².